The molecule has 0 radical (unpaired) electrons. The van der Waals surface area contributed by atoms with Crippen LogP contribution in [0.15, 0.2) is 0 Å². The van der Waals surface area contributed by atoms with Crippen LogP contribution in [0.4, 0.5) is 0 Å². The molecular weight excluding hydrogens is 288 g/mol. The molecule has 0 bridgehead atoms. The average Bonchev–Trinajstić information content (AvgIpc) is 2.55. The first-order chi connectivity index (χ1) is 10.7. The molecule has 0 aromatic heterocycles. The fourth-order valence-corrected chi connectivity index (χ4v) is 3.48. The van der Waals surface area contributed by atoms with Crippen LogP contribution in [0, 0.1) is 0 Å². The molecule has 2 fully saturated rings. The maximum Gasteiger partial charge on any atom is 0.187 e. The summed E-state index contributed by atoms with van der Waals surface area (Å²) in [6.07, 6.45) is 4.60. The zero-order valence-corrected chi connectivity index (χ0v) is 14.2. The zero-order valence-electron chi connectivity index (χ0n) is 14.2. The molecule has 1 saturated carbocycles. The van der Waals surface area contributed by atoms with Crippen molar-refractivity contribution in [2.75, 3.05) is 35.0 Å². The first-order valence-corrected chi connectivity index (χ1v) is 8.13. The molecule has 0 aromatic carbocycles. The van der Waals surface area contributed by atoms with Crippen LogP contribution in [0.3, 0.4) is 0 Å². The Morgan fingerprint density at radius 1 is 0.818 bits per heavy atom. The first-order valence-electron chi connectivity index (χ1n) is 8.13. The fourth-order valence-electron chi connectivity index (χ4n) is 3.48. The van der Waals surface area contributed by atoms with E-state index in [1.807, 2.05) is 0 Å². The zero-order chi connectivity index (χ0) is 15.9. The van der Waals surface area contributed by atoms with Crippen LogP contribution in [-0.4, -0.2) is 71.9 Å². The lowest BCUT2D eigenvalue weighted by Gasteiger charge is -2.45. The minimum Gasteiger partial charge on any atom is -0.382 e. The second-order valence-electron chi connectivity index (χ2n) is 6.00. The molecule has 6 heteroatoms. The quantitative estimate of drug-likeness (QED) is 0.713. The van der Waals surface area contributed by atoms with Crippen molar-refractivity contribution in [1.82, 2.24) is 0 Å². The Bertz CT molecular complexity index is 307. The lowest BCUT2D eigenvalue weighted by Crippen LogP contribution is -2.61. The molecule has 1 aliphatic heterocycles. The molecule has 0 spiro atoms. The SMILES string of the molecule is COC[C@H]1O[C@H](OC2CCCCC2)[C@@H](OC)[C@@H](OC)[C@@H]1OC. The Morgan fingerprint density at radius 3 is 2.00 bits per heavy atom. The normalized spacial score (nSPS) is 37.4. The highest BCUT2D eigenvalue weighted by atomic mass is 16.7. The standard InChI is InChI=1S/C16H30O6/c1-17-10-12-13(18-2)14(19-3)15(20-4)16(22-12)21-11-8-6-5-7-9-11/h11-16H,5-10H2,1-4H3/t12-,13-,14+,15+,16+/m1/s1. The highest BCUT2D eigenvalue weighted by Crippen LogP contribution is 2.31. The van der Waals surface area contributed by atoms with Crippen LogP contribution in [0.2, 0.25) is 0 Å². The van der Waals surface area contributed by atoms with Crippen LogP contribution < -0.4 is 0 Å². The van der Waals surface area contributed by atoms with Crippen molar-refractivity contribution in [3.63, 3.8) is 0 Å². The molecule has 6 nitrogen and oxygen atoms in total. The third kappa shape index (κ3) is 4.19. The van der Waals surface area contributed by atoms with E-state index in [1.165, 1.54) is 19.3 Å². The summed E-state index contributed by atoms with van der Waals surface area (Å²) >= 11 is 0. The second kappa shape index (κ2) is 9.15. The predicted molar refractivity (Wildman–Crippen MR) is 80.9 cm³/mol. The first kappa shape index (κ1) is 18.1. The molecule has 1 aliphatic carbocycles. The van der Waals surface area contributed by atoms with Gasteiger partial charge in [0.05, 0.1) is 12.7 Å². The molecule has 1 saturated heterocycles. The summed E-state index contributed by atoms with van der Waals surface area (Å²) in [4.78, 5) is 0. The number of hydrogen-bond acceptors (Lipinski definition) is 6. The summed E-state index contributed by atoms with van der Waals surface area (Å²) in [6, 6.07) is 0. The second-order valence-corrected chi connectivity index (χ2v) is 6.00. The molecule has 130 valence electrons. The molecule has 2 rings (SSSR count). The maximum absolute atomic E-state index is 6.20. The van der Waals surface area contributed by atoms with E-state index < -0.39 is 6.29 Å². The van der Waals surface area contributed by atoms with Crippen molar-refractivity contribution in [3.8, 4) is 0 Å². The van der Waals surface area contributed by atoms with Gasteiger partial charge in [-0.15, -0.1) is 0 Å². The van der Waals surface area contributed by atoms with Gasteiger partial charge in [-0.1, -0.05) is 19.3 Å². The van der Waals surface area contributed by atoms with E-state index in [9.17, 15) is 0 Å². The van der Waals surface area contributed by atoms with Gasteiger partial charge in [0.15, 0.2) is 6.29 Å². The van der Waals surface area contributed by atoms with E-state index >= 15 is 0 Å². The third-order valence-electron chi connectivity index (χ3n) is 4.62. The van der Waals surface area contributed by atoms with Crippen molar-refractivity contribution in [3.05, 3.63) is 0 Å². The van der Waals surface area contributed by atoms with E-state index in [-0.39, 0.29) is 30.5 Å². The van der Waals surface area contributed by atoms with Gasteiger partial charge >= 0.3 is 0 Å². The van der Waals surface area contributed by atoms with E-state index in [0.717, 1.165) is 12.8 Å². The van der Waals surface area contributed by atoms with Gasteiger partial charge in [-0.2, -0.15) is 0 Å². The topological polar surface area (TPSA) is 55.4 Å². The van der Waals surface area contributed by atoms with Crippen LogP contribution in [0.1, 0.15) is 32.1 Å². The van der Waals surface area contributed by atoms with Gasteiger partial charge in [-0.05, 0) is 12.8 Å². The smallest absolute Gasteiger partial charge is 0.187 e. The maximum atomic E-state index is 6.20. The van der Waals surface area contributed by atoms with E-state index in [0.29, 0.717) is 6.61 Å². The van der Waals surface area contributed by atoms with E-state index in [4.69, 9.17) is 28.4 Å². The Kier molecular flexibility index (Phi) is 7.53. The molecule has 0 aromatic rings. The van der Waals surface area contributed by atoms with Crippen LogP contribution >= 0.6 is 0 Å². The lowest BCUT2D eigenvalue weighted by atomic mass is 9.96. The van der Waals surface area contributed by atoms with Crippen molar-refractivity contribution >= 4 is 0 Å². The predicted octanol–water partition coefficient (Wildman–Crippen LogP) is 1.75. The van der Waals surface area contributed by atoms with Gasteiger partial charge in [0.25, 0.3) is 0 Å². The average molecular weight is 318 g/mol. The summed E-state index contributed by atoms with van der Waals surface area (Å²) in [5.74, 6) is 0. The van der Waals surface area contributed by atoms with E-state index in [2.05, 4.69) is 0 Å². The Morgan fingerprint density at radius 2 is 1.45 bits per heavy atom. The Balaban J connectivity index is 2.08. The largest absolute Gasteiger partial charge is 0.382 e. The van der Waals surface area contributed by atoms with Crippen molar-refractivity contribution < 1.29 is 28.4 Å². The van der Waals surface area contributed by atoms with Gasteiger partial charge in [0.1, 0.15) is 24.4 Å². The molecule has 0 unspecified atom stereocenters. The summed E-state index contributed by atoms with van der Waals surface area (Å²) in [7, 11) is 6.62. The monoisotopic (exact) mass is 318 g/mol. The minimum absolute atomic E-state index is 0.233. The minimum atomic E-state index is -0.454. The Hall–Kier alpha value is -0.240. The van der Waals surface area contributed by atoms with Gasteiger partial charge in [0.2, 0.25) is 0 Å². The number of hydrogen-bond donors (Lipinski definition) is 0. The van der Waals surface area contributed by atoms with E-state index in [1.54, 1.807) is 28.4 Å². The fraction of sp³-hybridized carbons (Fsp3) is 1.00. The number of methoxy groups -OCH3 is 4. The van der Waals surface area contributed by atoms with Gasteiger partial charge in [-0.25, -0.2) is 0 Å². The summed E-state index contributed by atoms with van der Waals surface area (Å²) in [5, 5.41) is 0. The van der Waals surface area contributed by atoms with Crippen LogP contribution in [0.25, 0.3) is 0 Å². The molecule has 2 aliphatic rings. The van der Waals surface area contributed by atoms with Crippen molar-refractivity contribution in [1.29, 1.82) is 0 Å². The molecule has 5 atom stereocenters. The Labute approximate surface area is 133 Å². The van der Waals surface area contributed by atoms with Crippen molar-refractivity contribution in [2.45, 2.75) is 68.9 Å². The lowest BCUT2D eigenvalue weighted by molar-refractivity contribution is -0.323. The van der Waals surface area contributed by atoms with Gasteiger partial charge in [0, 0.05) is 28.4 Å². The molecule has 0 N–H and O–H groups in total. The molecular formula is C16H30O6. The number of ether oxygens (including phenoxy) is 6. The molecule has 1 heterocycles. The highest BCUT2D eigenvalue weighted by molar-refractivity contribution is 4.92. The van der Waals surface area contributed by atoms with Gasteiger partial charge < -0.3 is 28.4 Å². The summed E-state index contributed by atoms with van der Waals surface area (Å²) in [5.41, 5.74) is 0. The molecule has 0 amide bonds. The third-order valence-corrected chi connectivity index (χ3v) is 4.62. The molecule has 22 heavy (non-hydrogen) atoms. The van der Waals surface area contributed by atoms with Crippen LogP contribution in [0.5, 0.6) is 0 Å². The van der Waals surface area contributed by atoms with Crippen LogP contribution in [-0.2, 0) is 28.4 Å². The summed E-state index contributed by atoms with van der Waals surface area (Å²) < 4.78 is 34.4. The highest BCUT2D eigenvalue weighted by Gasteiger charge is 2.48. The van der Waals surface area contributed by atoms with Gasteiger partial charge in [-0.3, -0.25) is 0 Å². The number of rotatable bonds is 7. The van der Waals surface area contributed by atoms with Crippen molar-refractivity contribution in [2.24, 2.45) is 0 Å². The summed E-state index contributed by atoms with van der Waals surface area (Å²) in [6.45, 7) is 0.430.